The van der Waals surface area contributed by atoms with Crippen LogP contribution in [0.5, 0.6) is 0 Å². The van der Waals surface area contributed by atoms with Gasteiger partial charge in [-0.1, -0.05) is 61.4 Å². The van der Waals surface area contributed by atoms with Crippen molar-refractivity contribution in [2.24, 2.45) is 0 Å². The van der Waals surface area contributed by atoms with Crippen molar-refractivity contribution in [1.82, 2.24) is 9.88 Å². The van der Waals surface area contributed by atoms with E-state index in [-0.39, 0.29) is 11.5 Å². The molecule has 0 bridgehead atoms. The largest absolute Gasteiger partial charge is 0.355 e. The van der Waals surface area contributed by atoms with E-state index < -0.39 is 0 Å². The molecular weight excluding hydrogens is 404 g/mol. The SMILES string of the molecule is CC.CCCC=C/C(=C\CCn1ccc2cc(Br)ccc2c1=O)C(=O)NC. The highest BCUT2D eigenvalue weighted by Gasteiger charge is 2.05. The number of unbranched alkanes of at least 4 members (excludes halogenated alkanes) is 1. The van der Waals surface area contributed by atoms with Gasteiger partial charge in [0.05, 0.1) is 0 Å². The second kappa shape index (κ2) is 12.3. The maximum absolute atomic E-state index is 12.6. The van der Waals surface area contributed by atoms with Crippen molar-refractivity contribution in [2.75, 3.05) is 7.05 Å². The number of rotatable bonds is 7. The smallest absolute Gasteiger partial charge is 0.258 e. The topological polar surface area (TPSA) is 51.1 Å². The van der Waals surface area contributed by atoms with Crippen molar-refractivity contribution in [2.45, 2.75) is 46.6 Å². The van der Waals surface area contributed by atoms with E-state index in [9.17, 15) is 9.59 Å². The number of benzene rings is 1. The molecular formula is C22H29BrN2O2. The fraction of sp³-hybridized carbons (Fsp3) is 0.364. The van der Waals surface area contributed by atoms with Gasteiger partial charge in [-0.3, -0.25) is 9.59 Å². The summed E-state index contributed by atoms with van der Waals surface area (Å²) in [7, 11) is 1.62. The molecule has 0 fully saturated rings. The highest BCUT2D eigenvalue weighted by molar-refractivity contribution is 9.10. The first-order valence-electron chi connectivity index (χ1n) is 9.44. The number of carbonyl (C=O) groups excluding carboxylic acids is 1. The van der Waals surface area contributed by atoms with Crippen LogP contribution in [0.15, 0.2) is 63.5 Å². The van der Waals surface area contributed by atoms with Gasteiger partial charge in [-0.2, -0.15) is 0 Å². The summed E-state index contributed by atoms with van der Waals surface area (Å²) in [6, 6.07) is 7.57. The predicted molar refractivity (Wildman–Crippen MR) is 118 cm³/mol. The molecule has 1 amide bonds. The van der Waals surface area contributed by atoms with Crippen molar-refractivity contribution in [1.29, 1.82) is 0 Å². The zero-order valence-electron chi connectivity index (χ0n) is 16.6. The van der Waals surface area contributed by atoms with Gasteiger partial charge in [0.25, 0.3) is 11.5 Å². The van der Waals surface area contributed by atoms with Crippen molar-refractivity contribution in [3.63, 3.8) is 0 Å². The average Bonchev–Trinajstić information content (AvgIpc) is 2.69. The van der Waals surface area contributed by atoms with Crippen LogP contribution in [0, 0.1) is 0 Å². The quantitative estimate of drug-likeness (QED) is 0.482. The number of nitrogens with zero attached hydrogens (tertiary/aromatic N) is 1. The van der Waals surface area contributed by atoms with Crippen molar-refractivity contribution < 1.29 is 4.79 Å². The average molecular weight is 433 g/mol. The van der Waals surface area contributed by atoms with Gasteiger partial charge >= 0.3 is 0 Å². The maximum Gasteiger partial charge on any atom is 0.258 e. The number of pyridine rings is 1. The molecule has 0 aliphatic rings. The van der Waals surface area contributed by atoms with E-state index in [0.29, 0.717) is 23.9 Å². The number of hydrogen-bond donors (Lipinski definition) is 1. The summed E-state index contributed by atoms with van der Waals surface area (Å²) in [5, 5.41) is 4.26. The lowest BCUT2D eigenvalue weighted by atomic mass is 10.1. The fourth-order valence-corrected chi connectivity index (χ4v) is 2.93. The van der Waals surface area contributed by atoms with Crippen molar-refractivity contribution in [3.8, 4) is 0 Å². The Morgan fingerprint density at radius 2 is 1.96 bits per heavy atom. The summed E-state index contributed by atoms with van der Waals surface area (Å²) >= 11 is 3.42. The van der Waals surface area contributed by atoms with Crippen molar-refractivity contribution >= 4 is 32.6 Å². The van der Waals surface area contributed by atoms with Gasteiger partial charge in [0.2, 0.25) is 0 Å². The molecule has 0 aliphatic carbocycles. The molecule has 5 heteroatoms. The predicted octanol–water partition coefficient (Wildman–Crippen LogP) is 5.21. The molecule has 0 aliphatic heterocycles. The van der Waals surface area contributed by atoms with Crippen LogP contribution in [-0.4, -0.2) is 17.5 Å². The fourth-order valence-electron chi connectivity index (χ4n) is 2.55. The van der Waals surface area contributed by atoms with E-state index in [1.807, 2.05) is 56.3 Å². The van der Waals surface area contributed by atoms with E-state index in [2.05, 4.69) is 28.2 Å². The van der Waals surface area contributed by atoms with Crippen LogP contribution < -0.4 is 10.9 Å². The number of aryl methyl sites for hydroxylation is 1. The monoisotopic (exact) mass is 432 g/mol. The lowest BCUT2D eigenvalue weighted by molar-refractivity contribution is -0.116. The lowest BCUT2D eigenvalue weighted by Gasteiger charge is -2.07. The van der Waals surface area contributed by atoms with Crippen LogP contribution in [0.2, 0.25) is 0 Å². The molecule has 4 nitrogen and oxygen atoms in total. The van der Waals surface area contributed by atoms with Crippen LogP contribution in [-0.2, 0) is 11.3 Å². The first-order valence-corrected chi connectivity index (χ1v) is 10.2. The molecule has 1 N–H and O–H groups in total. The number of aromatic nitrogens is 1. The minimum Gasteiger partial charge on any atom is -0.355 e. The maximum atomic E-state index is 12.6. The van der Waals surface area contributed by atoms with E-state index in [1.165, 1.54) is 0 Å². The second-order valence-corrected chi connectivity index (χ2v) is 6.68. The third kappa shape index (κ3) is 6.83. The summed E-state index contributed by atoms with van der Waals surface area (Å²) in [6.45, 7) is 6.63. The van der Waals surface area contributed by atoms with Gasteiger partial charge in [0, 0.05) is 35.2 Å². The molecule has 146 valence electrons. The third-order valence-corrected chi connectivity index (χ3v) is 4.41. The molecule has 0 atom stereocenters. The van der Waals surface area contributed by atoms with E-state index >= 15 is 0 Å². The molecule has 2 aromatic rings. The molecule has 1 heterocycles. The van der Waals surface area contributed by atoms with E-state index in [4.69, 9.17) is 0 Å². The summed E-state index contributed by atoms with van der Waals surface area (Å²) < 4.78 is 2.64. The highest BCUT2D eigenvalue weighted by atomic mass is 79.9. The van der Waals surface area contributed by atoms with Gasteiger partial charge in [-0.15, -0.1) is 0 Å². The molecule has 0 saturated carbocycles. The standard InChI is InChI=1S/C20H23BrN2O2.C2H6/c1-3-4-5-7-15(19(24)22-2)8-6-12-23-13-11-16-14-17(21)9-10-18(16)20(23)25;1-2/h5,7-11,13-14H,3-4,6,12H2,1-2H3,(H,22,24);1-2H3/b7-5?,15-8+;. The molecule has 0 unspecified atom stereocenters. The number of allylic oxidation sites excluding steroid dienone is 2. The number of hydrogen-bond acceptors (Lipinski definition) is 2. The van der Waals surface area contributed by atoms with Gasteiger partial charge in [0.15, 0.2) is 0 Å². The molecule has 27 heavy (non-hydrogen) atoms. The number of nitrogens with one attached hydrogen (secondary N) is 1. The number of likely N-dealkylation sites (N-methyl/N-ethyl adjacent to an activating group) is 1. The van der Waals surface area contributed by atoms with Gasteiger partial charge < -0.3 is 9.88 Å². The van der Waals surface area contributed by atoms with E-state index in [1.54, 1.807) is 17.8 Å². The zero-order valence-corrected chi connectivity index (χ0v) is 18.2. The molecule has 0 saturated heterocycles. The summed E-state index contributed by atoms with van der Waals surface area (Å²) in [6.07, 6.45) is 10.1. The Labute approximate surface area is 170 Å². The summed E-state index contributed by atoms with van der Waals surface area (Å²) in [5.74, 6) is -0.108. The Morgan fingerprint density at radius 3 is 2.63 bits per heavy atom. The minimum atomic E-state index is -0.108. The molecule has 0 spiro atoms. The zero-order chi connectivity index (χ0) is 20.2. The van der Waals surface area contributed by atoms with Crippen LogP contribution >= 0.6 is 15.9 Å². The molecule has 1 aromatic heterocycles. The Kier molecular flexibility index (Phi) is 10.4. The molecule has 0 radical (unpaired) electrons. The summed E-state index contributed by atoms with van der Waals surface area (Å²) in [4.78, 5) is 24.5. The van der Waals surface area contributed by atoms with Gasteiger partial charge in [-0.25, -0.2) is 0 Å². The Balaban J connectivity index is 0.00000176. The highest BCUT2D eigenvalue weighted by Crippen LogP contribution is 2.16. The van der Waals surface area contributed by atoms with Crippen LogP contribution in [0.25, 0.3) is 10.8 Å². The van der Waals surface area contributed by atoms with Crippen LogP contribution in [0.3, 0.4) is 0 Å². The van der Waals surface area contributed by atoms with Gasteiger partial charge in [-0.05, 0) is 42.5 Å². The normalized spacial score (nSPS) is 11.4. The molecule has 1 aromatic carbocycles. The van der Waals surface area contributed by atoms with E-state index in [0.717, 1.165) is 22.7 Å². The third-order valence-electron chi connectivity index (χ3n) is 3.92. The van der Waals surface area contributed by atoms with Crippen LogP contribution in [0.1, 0.15) is 40.0 Å². The number of halogens is 1. The lowest BCUT2D eigenvalue weighted by Crippen LogP contribution is -2.20. The Morgan fingerprint density at radius 1 is 1.22 bits per heavy atom. The van der Waals surface area contributed by atoms with Crippen molar-refractivity contribution in [3.05, 3.63) is 69.1 Å². The number of carbonyl (C=O) groups is 1. The second-order valence-electron chi connectivity index (χ2n) is 5.76. The number of amides is 1. The first kappa shape index (κ1) is 22.9. The Hall–Kier alpha value is -2.14. The molecule has 2 rings (SSSR count). The van der Waals surface area contributed by atoms with Crippen LogP contribution in [0.4, 0.5) is 0 Å². The first-order chi connectivity index (χ1) is 13.1. The summed E-state index contributed by atoms with van der Waals surface area (Å²) in [5.41, 5.74) is 0.620. The number of fused-ring (bicyclic) bond motifs is 1. The minimum absolute atomic E-state index is 0.0126. The van der Waals surface area contributed by atoms with Gasteiger partial charge in [0.1, 0.15) is 0 Å². The Bertz CT molecular complexity index is 866.